The fourth-order valence-electron chi connectivity index (χ4n) is 1.57. The minimum Gasteiger partial charge on any atom is -0.390 e. The lowest BCUT2D eigenvalue weighted by molar-refractivity contribution is 0.0839. The fourth-order valence-corrected chi connectivity index (χ4v) is 2.75. The quantitative estimate of drug-likeness (QED) is 0.785. The van der Waals surface area contributed by atoms with Crippen LogP contribution in [-0.2, 0) is 0 Å². The second kappa shape index (κ2) is 4.89. The summed E-state index contributed by atoms with van der Waals surface area (Å²) in [5.41, 5.74) is 6.72. The van der Waals surface area contributed by atoms with Crippen LogP contribution < -0.4 is 5.73 Å². The topological polar surface area (TPSA) is 49.5 Å². The third-order valence-corrected chi connectivity index (χ3v) is 3.42. The summed E-state index contributed by atoms with van der Waals surface area (Å²) < 4.78 is 0. The van der Waals surface area contributed by atoms with Crippen LogP contribution in [0.25, 0.3) is 0 Å². The van der Waals surface area contributed by atoms with Crippen LogP contribution in [0.2, 0.25) is 0 Å². The number of aryl methyl sites for hydroxylation is 1. The van der Waals surface area contributed by atoms with Crippen molar-refractivity contribution in [3.8, 4) is 0 Å². The molecule has 1 aromatic rings. The first-order valence-corrected chi connectivity index (χ1v) is 5.54. The van der Waals surface area contributed by atoms with Gasteiger partial charge < -0.3 is 10.8 Å². The average Bonchev–Trinajstić information content (AvgIpc) is 2.52. The Kier molecular flexibility index (Phi) is 4.07. The first kappa shape index (κ1) is 11.7. The van der Waals surface area contributed by atoms with Crippen LogP contribution >= 0.6 is 11.3 Å². The van der Waals surface area contributed by atoms with Gasteiger partial charge in [0.2, 0.25) is 0 Å². The minimum atomic E-state index is -0.498. The lowest BCUT2D eigenvalue weighted by atomic mass is 10.1. The summed E-state index contributed by atoms with van der Waals surface area (Å²) >= 11 is 1.67. The standard InChI is InChI=1S/C10H18N2OS/c1-7-4-5-14-10(7)9(12(2)3)8(13)6-11/h4-5,8-9,13H,6,11H2,1-3H3. The highest BCUT2D eigenvalue weighted by molar-refractivity contribution is 7.10. The van der Waals surface area contributed by atoms with E-state index >= 15 is 0 Å². The van der Waals surface area contributed by atoms with Gasteiger partial charge in [-0.1, -0.05) is 0 Å². The molecule has 1 aromatic heterocycles. The van der Waals surface area contributed by atoms with E-state index in [1.807, 2.05) is 24.4 Å². The van der Waals surface area contributed by atoms with Crippen LogP contribution in [0.3, 0.4) is 0 Å². The monoisotopic (exact) mass is 214 g/mol. The zero-order valence-corrected chi connectivity index (χ0v) is 9.71. The van der Waals surface area contributed by atoms with Gasteiger partial charge in [0.25, 0.3) is 0 Å². The number of hydrogen-bond acceptors (Lipinski definition) is 4. The van der Waals surface area contributed by atoms with Gasteiger partial charge in [0.05, 0.1) is 12.1 Å². The summed E-state index contributed by atoms with van der Waals surface area (Å²) in [6.45, 7) is 2.35. The highest BCUT2D eigenvalue weighted by Crippen LogP contribution is 2.29. The van der Waals surface area contributed by atoms with Gasteiger partial charge in [-0.15, -0.1) is 11.3 Å². The van der Waals surface area contributed by atoms with E-state index in [1.54, 1.807) is 11.3 Å². The van der Waals surface area contributed by atoms with Gasteiger partial charge in [0.15, 0.2) is 0 Å². The van der Waals surface area contributed by atoms with E-state index in [2.05, 4.69) is 13.0 Å². The minimum absolute atomic E-state index is 0.0139. The van der Waals surface area contributed by atoms with E-state index in [9.17, 15) is 5.11 Å². The number of nitrogens with two attached hydrogens (primary N) is 1. The summed E-state index contributed by atoms with van der Waals surface area (Å²) in [5.74, 6) is 0. The van der Waals surface area contributed by atoms with Crippen molar-refractivity contribution in [2.24, 2.45) is 5.73 Å². The maximum atomic E-state index is 9.82. The van der Waals surface area contributed by atoms with Crippen molar-refractivity contribution in [1.29, 1.82) is 0 Å². The molecule has 0 aliphatic carbocycles. The Bertz CT molecular complexity index is 285. The van der Waals surface area contributed by atoms with Crippen molar-refractivity contribution in [3.05, 3.63) is 21.9 Å². The molecule has 4 heteroatoms. The molecule has 3 N–H and O–H groups in total. The SMILES string of the molecule is Cc1ccsc1C(C(O)CN)N(C)C. The van der Waals surface area contributed by atoms with E-state index < -0.39 is 6.10 Å². The molecule has 2 unspecified atom stereocenters. The van der Waals surface area contributed by atoms with Gasteiger partial charge in [-0.05, 0) is 38.0 Å². The first-order chi connectivity index (χ1) is 6.57. The van der Waals surface area contributed by atoms with E-state index in [0.717, 1.165) is 0 Å². The molecule has 0 spiro atoms. The van der Waals surface area contributed by atoms with Crippen molar-refractivity contribution < 1.29 is 5.11 Å². The Labute approximate surface area is 89.2 Å². The average molecular weight is 214 g/mol. The number of aliphatic hydroxyl groups excluding tert-OH is 1. The first-order valence-electron chi connectivity index (χ1n) is 4.66. The van der Waals surface area contributed by atoms with Crippen LogP contribution in [0.1, 0.15) is 16.5 Å². The van der Waals surface area contributed by atoms with E-state index in [-0.39, 0.29) is 6.04 Å². The van der Waals surface area contributed by atoms with E-state index in [1.165, 1.54) is 10.4 Å². The fraction of sp³-hybridized carbons (Fsp3) is 0.600. The summed E-state index contributed by atoms with van der Waals surface area (Å²) in [6, 6.07) is 2.08. The highest BCUT2D eigenvalue weighted by atomic mass is 32.1. The molecule has 0 radical (unpaired) electrons. The molecule has 0 saturated heterocycles. The van der Waals surface area contributed by atoms with Gasteiger partial charge in [-0.25, -0.2) is 0 Å². The van der Waals surface area contributed by atoms with Gasteiger partial charge in [-0.3, -0.25) is 4.90 Å². The maximum absolute atomic E-state index is 9.82. The molecule has 0 saturated carbocycles. The molecule has 2 atom stereocenters. The molecular formula is C10H18N2OS. The molecule has 0 aliphatic rings. The molecule has 0 amide bonds. The number of aliphatic hydroxyl groups is 1. The van der Waals surface area contributed by atoms with Crippen LogP contribution in [-0.4, -0.2) is 36.8 Å². The smallest absolute Gasteiger partial charge is 0.0866 e. The Morgan fingerprint density at radius 2 is 2.21 bits per heavy atom. The molecule has 80 valence electrons. The third-order valence-electron chi connectivity index (χ3n) is 2.33. The molecule has 1 heterocycles. The molecule has 0 aromatic carbocycles. The predicted octanol–water partition coefficient (Wildman–Crippen LogP) is 0.979. The Morgan fingerprint density at radius 3 is 2.57 bits per heavy atom. The van der Waals surface area contributed by atoms with Gasteiger partial charge >= 0.3 is 0 Å². The molecular weight excluding hydrogens is 196 g/mol. The summed E-state index contributed by atoms with van der Waals surface area (Å²) in [4.78, 5) is 3.21. The van der Waals surface area contributed by atoms with Crippen molar-refractivity contribution in [2.75, 3.05) is 20.6 Å². The van der Waals surface area contributed by atoms with Gasteiger partial charge in [-0.2, -0.15) is 0 Å². The summed E-state index contributed by atoms with van der Waals surface area (Å²) in [7, 11) is 3.92. The Balaban J connectivity index is 2.94. The summed E-state index contributed by atoms with van der Waals surface area (Å²) in [6.07, 6.45) is -0.498. The number of hydrogen-bond donors (Lipinski definition) is 2. The van der Waals surface area contributed by atoms with Gasteiger partial charge in [0, 0.05) is 11.4 Å². The summed E-state index contributed by atoms with van der Waals surface area (Å²) in [5, 5.41) is 11.9. The predicted molar refractivity (Wildman–Crippen MR) is 60.5 cm³/mol. The van der Waals surface area contributed by atoms with E-state index in [4.69, 9.17) is 5.73 Å². The van der Waals surface area contributed by atoms with Crippen molar-refractivity contribution in [1.82, 2.24) is 4.90 Å². The van der Waals surface area contributed by atoms with Crippen LogP contribution in [0.5, 0.6) is 0 Å². The second-order valence-corrected chi connectivity index (χ2v) is 4.63. The lowest BCUT2D eigenvalue weighted by Gasteiger charge is -2.28. The third kappa shape index (κ3) is 2.33. The van der Waals surface area contributed by atoms with Gasteiger partial charge in [0.1, 0.15) is 0 Å². The highest BCUT2D eigenvalue weighted by Gasteiger charge is 2.24. The largest absolute Gasteiger partial charge is 0.390 e. The Hall–Kier alpha value is -0.420. The zero-order valence-electron chi connectivity index (χ0n) is 8.90. The molecule has 1 rings (SSSR count). The number of thiophene rings is 1. The number of rotatable bonds is 4. The molecule has 14 heavy (non-hydrogen) atoms. The second-order valence-electron chi connectivity index (χ2n) is 3.68. The van der Waals surface area contributed by atoms with Crippen molar-refractivity contribution in [3.63, 3.8) is 0 Å². The van der Waals surface area contributed by atoms with Crippen LogP contribution in [0.15, 0.2) is 11.4 Å². The Morgan fingerprint density at radius 1 is 1.57 bits per heavy atom. The van der Waals surface area contributed by atoms with Crippen LogP contribution in [0.4, 0.5) is 0 Å². The maximum Gasteiger partial charge on any atom is 0.0866 e. The van der Waals surface area contributed by atoms with E-state index in [0.29, 0.717) is 6.54 Å². The number of nitrogens with zero attached hydrogens (tertiary/aromatic N) is 1. The zero-order chi connectivity index (χ0) is 10.7. The van der Waals surface area contributed by atoms with Crippen molar-refractivity contribution in [2.45, 2.75) is 19.1 Å². The molecule has 0 fully saturated rings. The number of likely N-dealkylation sites (N-methyl/N-ethyl adjacent to an activating group) is 1. The molecule has 0 bridgehead atoms. The lowest BCUT2D eigenvalue weighted by Crippen LogP contribution is -2.36. The normalized spacial score (nSPS) is 15.9. The van der Waals surface area contributed by atoms with Crippen molar-refractivity contribution >= 4 is 11.3 Å². The molecule has 3 nitrogen and oxygen atoms in total. The van der Waals surface area contributed by atoms with Crippen LogP contribution in [0, 0.1) is 6.92 Å². The molecule has 0 aliphatic heterocycles.